The van der Waals surface area contributed by atoms with Gasteiger partial charge in [-0.25, -0.2) is 0 Å². The van der Waals surface area contributed by atoms with Crippen molar-refractivity contribution < 1.29 is 14.4 Å². The molecule has 0 aliphatic carbocycles. The first kappa shape index (κ1) is 17.3. The van der Waals surface area contributed by atoms with Gasteiger partial charge in [-0.1, -0.05) is 35.8 Å². The van der Waals surface area contributed by atoms with Gasteiger partial charge in [-0.05, 0) is 31.0 Å². The molecule has 0 bridgehead atoms. The third-order valence-electron chi connectivity index (χ3n) is 3.44. The average Bonchev–Trinajstić information content (AvgIpc) is 3.03. The summed E-state index contributed by atoms with van der Waals surface area (Å²) in [5.41, 5.74) is 1.54. The van der Waals surface area contributed by atoms with Crippen LogP contribution in [0.2, 0.25) is 5.02 Å². The Hall–Kier alpha value is -2.08. The number of carbonyl (C=O) groups excluding carboxylic acids is 2. The lowest BCUT2D eigenvalue weighted by atomic mass is 10.0. The molecule has 6 nitrogen and oxygen atoms in total. The lowest BCUT2D eigenvalue weighted by Gasteiger charge is -2.15. The second-order valence-electron chi connectivity index (χ2n) is 5.36. The molecule has 124 valence electrons. The van der Waals surface area contributed by atoms with E-state index in [1.54, 1.807) is 19.1 Å². The summed E-state index contributed by atoms with van der Waals surface area (Å²) in [4.78, 5) is 29.1. The first-order valence-corrected chi connectivity index (χ1v) is 7.95. The van der Waals surface area contributed by atoms with Crippen molar-refractivity contribution in [1.29, 1.82) is 0 Å². The fourth-order valence-electron chi connectivity index (χ4n) is 2.10. The average molecular weight is 338 g/mol. The summed E-state index contributed by atoms with van der Waals surface area (Å²) in [5, 5.41) is 9.96. The molecule has 0 aromatic heterocycles. The van der Waals surface area contributed by atoms with Crippen LogP contribution in [0, 0.1) is 0 Å². The molecule has 1 aliphatic heterocycles. The van der Waals surface area contributed by atoms with Crippen LogP contribution in [0.15, 0.2) is 29.4 Å². The van der Waals surface area contributed by atoms with Crippen molar-refractivity contribution in [3.8, 4) is 0 Å². The van der Waals surface area contributed by atoms with Crippen LogP contribution >= 0.6 is 11.6 Å². The minimum absolute atomic E-state index is 0.211. The number of nitrogens with one attached hydrogen (secondary N) is 2. The third kappa shape index (κ3) is 4.69. The fraction of sp³-hybridized carbons (Fsp3) is 0.438. The SMILES string of the molecule is CCCNC(=O)[C@@H](C)NC(=O)[C@H]1CC(c2ccc(Cl)cc2)=NO1. The van der Waals surface area contributed by atoms with E-state index in [2.05, 4.69) is 15.8 Å². The van der Waals surface area contributed by atoms with E-state index in [4.69, 9.17) is 16.4 Å². The van der Waals surface area contributed by atoms with E-state index < -0.39 is 12.1 Å². The van der Waals surface area contributed by atoms with Crippen molar-refractivity contribution >= 4 is 29.1 Å². The van der Waals surface area contributed by atoms with Gasteiger partial charge in [-0.15, -0.1) is 0 Å². The summed E-state index contributed by atoms with van der Waals surface area (Å²) in [5.74, 6) is -0.561. The van der Waals surface area contributed by atoms with Gasteiger partial charge in [0.05, 0.1) is 5.71 Å². The number of benzene rings is 1. The van der Waals surface area contributed by atoms with Gasteiger partial charge >= 0.3 is 0 Å². The molecule has 23 heavy (non-hydrogen) atoms. The van der Waals surface area contributed by atoms with Gasteiger partial charge in [-0.2, -0.15) is 0 Å². The molecule has 2 amide bonds. The molecule has 0 fully saturated rings. The Morgan fingerprint density at radius 3 is 2.74 bits per heavy atom. The van der Waals surface area contributed by atoms with Crippen molar-refractivity contribution in [2.24, 2.45) is 5.16 Å². The Kier molecular flexibility index (Phi) is 5.98. The lowest BCUT2D eigenvalue weighted by molar-refractivity contribution is -0.135. The molecule has 0 radical (unpaired) electrons. The summed E-state index contributed by atoms with van der Waals surface area (Å²) in [6, 6.07) is 6.55. The van der Waals surface area contributed by atoms with Gasteiger partial charge in [-0.3, -0.25) is 9.59 Å². The molecule has 0 saturated heterocycles. The standard InChI is InChI=1S/C16H20ClN3O3/c1-3-8-18-15(21)10(2)19-16(22)14-9-13(20-23-14)11-4-6-12(17)7-5-11/h4-7,10,14H,3,8-9H2,1-2H3,(H,18,21)(H,19,22)/t10-,14-/m1/s1. The van der Waals surface area contributed by atoms with Crippen molar-refractivity contribution in [1.82, 2.24) is 10.6 Å². The van der Waals surface area contributed by atoms with E-state index in [9.17, 15) is 9.59 Å². The Morgan fingerprint density at radius 2 is 2.09 bits per heavy atom. The number of amides is 2. The van der Waals surface area contributed by atoms with E-state index >= 15 is 0 Å². The Morgan fingerprint density at radius 1 is 1.39 bits per heavy atom. The largest absolute Gasteiger partial charge is 0.382 e. The van der Waals surface area contributed by atoms with Gasteiger partial charge in [0, 0.05) is 18.0 Å². The van der Waals surface area contributed by atoms with Gasteiger partial charge in [0.2, 0.25) is 12.0 Å². The van der Waals surface area contributed by atoms with Crippen LogP contribution in [0.25, 0.3) is 0 Å². The summed E-state index contributed by atoms with van der Waals surface area (Å²) in [6.45, 7) is 4.19. The zero-order valence-corrected chi connectivity index (χ0v) is 13.9. The Balaban J connectivity index is 1.86. The maximum atomic E-state index is 12.2. The fourth-order valence-corrected chi connectivity index (χ4v) is 2.23. The van der Waals surface area contributed by atoms with Crippen molar-refractivity contribution in [3.05, 3.63) is 34.9 Å². The number of hydrogen-bond acceptors (Lipinski definition) is 4. The van der Waals surface area contributed by atoms with E-state index in [1.807, 2.05) is 19.1 Å². The zero-order chi connectivity index (χ0) is 16.8. The van der Waals surface area contributed by atoms with Crippen molar-refractivity contribution in [3.63, 3.8) is 0 Å². The van der Waals surface area contributed by atoms with Crippen LogP contribution in [0.5, 0.6) is 0 Å². The van der Waals surface area contributed by atoms with E-state index in [-0.39, 0.29) is 11.8 Å². The maximum absolute atomic E-state index is 12.2. The van der Waals surface area contributed by atoms with Crippen molar-refractivity contribution in [2.75, 3.05) is 6.54 Å². The highest BCUT2D eigenvalue weighted by atomic mass is 35.5. The van der Waals surface area contributed by atoms with Gasteiger partial charge in [0.25, 0.3) is 5.91 Å². The molecule has 1 aromatic rings. The molecular weight excluding hydrogens is 318 g/mol. The zero-order valence-electron chi connectivity index (χ0n) is 13.1. The van der Waals surface area contributed by atoms with Crippen LogP contribution in [0.3, 0.4) is 0 Å². The predicted octanol–water partition coefficient (Wildman–Crippen LogP) is 1.86. The molecule has 1 aliphatic rings. The second kappa shape index (κ2) is 7.97. The molecule has 0 saturated carbocycles. The molecule has 7 heteroatoms. The highest BCUT2D eigenvalue weighted by Gasteiger charge is 2.30. The molecular formula is C16H20ClN3O3. The highest BCUT2D eigenvalue weighted by molar-refractivity contribution is 6.30. The summed E-state index contributed by atoms with van der Waals surface area (Å²) >= 11 is 5.85. The maximum Gasteiger partial charge on any atom is 0.264 e. The molecule has 0 unspecified atom stereocenters. The van der Waals surface area contributed by atoms with Crippen LogP contribution in [0.1, 0.15) is 32.3 Å². The van der Waals surface area contributed by atoms with Gasteiger partial charge < -0.3 is 15.5 Å². The van der Waals surface area contributed by atoms with Gasteiger partial charge in [0.15, 0.2) is 0 Å². The first-order chi connectivity index (χ1) is 11.0. The quantitative estimate of drug-likeness (QED) is 0.831. The van der Waals surface area contributed by atoms with Crippen molar-refractivity contribution in [2.45, 2.75) is 38.8 Å². The van der Waals surface area contributed by atoms with Gasteiger partial charge in [0.1, 0.15) is 6.04 Å². The van der Waals surface area contributed by atoms with E-state index in [0.29, 0.717) is 23.7 Å². The van der Waals surface area contributed by atoms with Crippen LogP contribution < -0.4 is 10.6 Å². The summed E-state index contributed by atoms with van der Waals surface area (Å²) in [7, 11) is 0. The molecule has 0 spiro atoms. The lowest BCUT2D eigenvalue weighted by Crippen LogP contribution is -2.48. The highest BCUT2D eigenvalue weighted by Crippen LogP contribution is 2.18. The smallest absolute Gasteiger partial charge is 0.264 e. The molecule has 1 heterocycles. The summed E-state index contributed by atoms with van der Waals surface area (Å²) < 4.78 is 0. The topological polar surface area (TPSA) is 79.8 Å². The first-order valence-electron chi connectivity index (χ1n) is 7.58. The third-order valence-corrected chi connectivity index (χ3v) is 3.69. The number of carbonyl (C=O) groups is 2. The summed E-state index contributed by atoms with van der Waals surface area (Å²) in [6.07, 6.45) is 0.481. The van der Waals surface area contributed by atoms with Crippen LogP contribution in [-0.4, -0.2) is 36.2 Å². The minimum Gasteiger partial charge on any atom is -0.382 e. The molecule has 2 N–H and O–H groups in total. The monoisotopic (exact) mass is 337 g/mol. The minimum atomic E-state index is -0.720. The molecule has 2 atom stereocenters. The number of halogens is 1. The Bertz CT molecular complexity index is 601. The van der Waals surface area contributed by atoms with Crippen LogP contribution in [0.4, 0.5) is 0 Å². The van der Waals surface area contributed by atoms with Crippen LogP contribution in [-0.2, 0) is 14.4 Å². The number of hydrogen-bond donors (Lipinski definition) is 2. The number of rotatable bonds is 6. The van der Waals surface area contributed by atoms with E-state index in [0.717, 1.165) is 12.0 Å². The molecule has 2 rings (SSSR count). The van der Waals surface area contributed by atoms with E-state index in [1.165, 1.54) is 0 Å². The number of oxime groups is 1. The predicted molar refractivity (Wildman–Crippen MR) is 88.4 cm³/mol. The second-order valence-corrected chi connectivity index (χ2v) is 5.80. The normalized spacial score (nSPS) is 17.9. The number of nitrogens with zero attached hydrogens (tertiary/aromatic N) is 1. The molecule has 1 aromatic carbocycles. The Labute approximate surface area is 140 Å².